The fourth-order valence-electron chi connectivity index (χ4n) is 1.24. The van der Waals surface area contributed by atoms with E-state index in [4.69, 9.17) is 16.3 Å². The number of hydrogen-bond acceptors (Lipinski definition) is 3. The van der Waals surface area contributed by atoms with E-state index in [0.29, 0.717) is 25.1 Å². The lowest BCUT2D eigenvalue weighted by Crippen LogP contribution is -2.11. The maximum atomic E-state index is 11.1. The zero-order valence-electron chi connectivity index (χ0n) is 9.54. The maximum Gasteiger partial charge on any atom is 0.306 e. The monoisotopic (exact) mass is 236 g/mol. The van der Waals surface area contributed by atoms with Crippen molar-refractivity contribution >= 4 is 17.6 Å². The summed E-state index contributed by atoms with van der Waals surface area (Å²) in [5.41, 5.74) is 0. The maximum absolute atomic E-state index is 11.1. The Morgan fingerprint density at radius 3 is 2.53 bits per heavy atom. The van der Waals surface area contributed by atoms with Crippen molar-refractivity contribution < 1.29 is 14.6 Å². The van der Waals surface area contributed by atoms with E-state index >= 15 is 0 Å². The van der Waals surface area contributed by atoms with Gasteiger partial charge in [-0.15, -0.1) is 11.6 Å². The molecule has 0 aromatic rings. The Balaban J connectivity index is 3.34. The van der Waals surface area contributed by atoms with Crippen LogP contribution in [0.15, 0.2) is 0 Å². The van der Waals surface area contributed by atoms with Crippen LogP contribution < -0.4 is 0 Å². The molecule has 0 heterocycles. The predicted octanol–water partition coefficient (Wildman–Crippen LogP) is 2.49. The molecule has 0 fully saturated rings. The van der Waals surface area contributed by atoms with Gasteiger partial charge in [0.25, 0.3) is 0 Å². The molecular weight excluding hydrogens is 216 g/mol. The molecule has 15 heavy (non-hydrogen) atoms. The van der Waals surface area contributed by atoms with Crippen LogP contribution in [0.25, 0.3) is 0 Å². The number of rotatable bonds is 8. The van der Waals surface area contributed by atoms with Gasteiger partial charge >= 0.3 is 5.97 Å². The van der Waals surface area contributed by atoms with Crippen LogP contribution in [0.1, 0.15) is 46.0 Å². The fourth-order valence-corrected chi connectivity index (χ4v) is 1.49. The van der Waals surface area contributed by atoms with Gasteiger partial charge in [-0.2, -0.15) is 0 Å². The largest absolute Gasteiger partial charge is 0.463 e. The molecule has 90 valence electrons. The highest BCUT2D eigenvalue weighted by atomic mass is 35.5. The molecule has 0 saturated heterocycles. The van der Waals surface area contributed by atoms with E-state index < -0.39 is 0 Å². The van der Waals surface area contributed by atoms with Crippen molar-refractivity contribution in [1.29, 1.82) is 0 Å². The highest BCUT2D eigenvalue weighted by Crippen LogP contribution is 2.08. The van der Waals surface area contributed by atoms with Crippen molar-refractivity contribution in [3.05, 3.63) is 0 Å². The molecule has 1 atom stereocenters. The molecule has 0 bridgehead atoms. The molecule has 0 aliphatic rings. The molecule has 1 unspecified atom stereocenters. The number of esters is 1. The Labute approximate surface area is 96.8 Å². The first-order valence-corrected chi connectivity index (χ1v) is 6.03. The first kappa shape index (κ1) is 14.7. The summed E-state index contributed by atoms with van der Waals surface area (Å²) in [6.45, 7) is 3.67. The number of ether oxygens (including phenoxy) is 1. The van der Waals surface area contributed by atoms with Crippen LogP contribution in [0, 0.1) is 0 Å². The van der Waals surface area contributed by atoms with E-state index in [9.17, 15) is 9.90 Å². The van der Waals surface area contributed by atoms with E-state index in [2.05, 4.69) is 0 Å². The molecule has 0 aliphatic heterocycles. The number of carbonyl (C=O) groups excluding carboxylic acids is 1. The highest BCUT2D eigenvalue weighted by molar-refractivity contribution is 6.17. The Hall–Kier alpha value is -0.280. The van der Waals surface area contributed by atoms with Gasteiger partial charge in [-0.25, -0.2) is 0 Å². The van der Waals surface area contributed by atoms with Crippen LogP contribution in [-0.2, 0) is 9.53 Å². The molecule has 0 radical (unpaired) electrons. The van der Waals surface area contributed by atoms with Gasteiger partial charge in [-0.3, -0.25) is 4.79 Å². The van der Waals surface area contributed by atoms with Crippen LogP contribution in [0.3, 0.4) is 0 Å². The second-order valence-electron chi connectivity index (χ2n) is 3.92. The van der Waals surface area contributed by atoms with E-state index in [-0.39, 0.29) is 18.2 Å². The minimum Gasteiger partial charge on any atom is -0.463 e. The molecule has 0 amide bonds. The number of alkyl halides is 1. The van der Waals surface area contributed by atoms with Gasteiger partial charge < -0.3 is 9.84 Å². The molecule has 0 rings (SSSR count). The SMILES string of the molecule is CC(C)OC(=O)CCCCC(O)CCCl. The molecule has 0 aliphatic carbocycles. The number of aliphatic hydroxyl groups is 1. The summed E-state index contributed by atoms with van der Waals surface area (Å²) in [7, 11) is 0. The van der Waals surface area contributed by atoms with Crippen molar-refractivity contribution in [2.75, 3.05) is 5.88 Å². The van der Waals surface area contributed by atoms with E-state index in [1.54, 1.807) is 0 Å². The highest BCUT2D eigenvalue weighted by Gasteiger charge is 2.06. The van der Waals surface area contributed by atoms with E-state index in [1.807, 2.05) is 13.8 Å². The van der Waals surface area contributed by atoms with E-state index in [1.165, 1.54) is 0 Å². The van der Waals surface area contributed by atoms with E-state index in [0.717, 1.165) is 12.8 Å². The smallest absolute Gasteiger partial charge is 0.306 e. The van der Waals surface area contributed by atoms with Crippen LogP contribution in [0.2, 0.25) is 0 Å². The van der Waals surface area contributed by atoms with Gasteiger partial charge in [0.15, 0.2) is 0 Å². The Morgan fingerprint density at radius 1 is 1.33 bits per heavy atom. The van der Waals surface area contributed by atoms with Gasteiger partial charge in [-0.05, 0) is 33.1 Å². The summed E-state index contributed by atoms with van der Waals surface area (Å²) in [5.74, 6) is 0.327. The van der Waals surface area contributed by atoms with Crippen LogP contribution in [0.4, 0.5) is 0 Å². The predicted molar refractivity (Wildman–Crippen MR) is 61.0 cm³/mol. The normalized spacial score (nSPS) is 12.9. The summed E-state index contributed by atoms with van der Waals surface area (Å²) < 4.78 is 4.98. The Kier molecular flexibility index (Phi) is 8.82. The second-order valence-corrected chi connectivity index (χ2v) is 4.29. The van der Waals surface area contributed by atoms with Gasteiger partial charge in [0.2, 0.25) is 0 Å². The number of carbonyl (C=O) groups is 1. The lowest BCUT2D eigenvalue weighted by atomic mass is 10.1. The fraction of sp³-hybridized carbons (Fsp3) is 0.909. The van der Waals surface area contributed by atoms with Crippen molar-refractivity contribution in [1.82, 2.24) is 0 Å². The average molecular weight is 237 g/mol. The Morgan fingerprint density at radius 2 is 2.00 bits per heavy atom. The molecule has 0 aromatic carbocycles. The van der Waals surface area contributed by atoms with Gasteiger partial charge in [0, 0.05) is 12.3 Å². The third-order valence-electron chi connectivity index (χ3n) is 1.98. The van der Waals surface area contributed by atoms with Gasteiger partial charge in [-0.1, -0.05) is 6.42 Å². The van der Waals surface area contributed by atoms with Crippen molar-refractivity contribution in [3.8, 4) is 0 Å². The topological polar surface area (TPSA) is 46.5 Å². The van der Waals surface area contributed by atoms with Gasteiger partial charge in [0.1, 0.15) is 0 Å². The van der Waals surface area contributed by atoms with Crippen LogP contribution >= 0.6 is 11.6 Å². The van der Waals surface area contributed by atoms with Crippen LogP contribution in [-0.4, -0.2) is 29.2 Å². The summed E-state index contributed by atoms with van der Waals surface area (Å²) in [6, 6.07) is 0. The summed E-state index contributed by atoms with van der Waals surface area (Å²) in [4.78, 5) is 11.1. The molecule has 4 heteroatoms. The number of hydrogen-bond donors (Lipinski definition) is 1. The zero-order valence-corrected chi connectivity index (χ0v) is 10.3. The minimum absolute atomic E-state index is 0.0423. The number of unbranched alkanes of at least 4 members (excludes halogenated alkanes) is 1. The quantitative estimate of drug-likeness (QED) is 0.400. The summed E-state index contributed by atoms with van der Waals surface area (Å²) in [6.07, 6.45) is 3.00. The van der Waals surface area contributed by atoms with Crippen molar-refractivity contribution in [2.24, 2.45) is 0 Å². The van der Waals surface area contributed by atoms with Crippen LogP contribution in [0.5, 0.6) is 0 Å². The third-order valence-corrected chi connectivity index (χ3v) is 2.20. The minimum atomic E-state index is -0.330. The number of aliphatic hydroxyl groups excluding tert-OH is 1. The standard InChI is InChI=1S/C11H21ClO3/c1-9(2)15-11(14)6-4-3-5-10(13)7-8-12/h9-10,13H,3-8H2,1-2H3. The molecular formula is C11H21ClO3. The lowest BCUT2D eigenvalue weighted by molar-refractivity contribution is -0.147. The third kappa shape index (κ3) is 10.0. The molecule has 0 spiro atoms. The van der Waals surface area contributed by atoms with Crippen molar-refractivity contribution in [3.63, 3.8) is 0 Å². The molecule has 0 aromatic heterocycles. The summed E-state index contributed by atoms with van der Waals surface area (Å²) in [5, 5.41) is 9.36. The lowest BCUT2D eigenvalue weighted by Gasteiger charge is -2.09. The van der Waals surface area contributed by atoms with Crippen molar-refractivity contribution in [2.45, 2.75) is 58.2 Å². The first-order valence-electron chi connectivity index (χ1n) is 5.49. The van der Waals surface area contributed by atoms with Gasteiger partial charge in [0.05, 0.1) is 12.2 Å². The average Bonchev–Trinajstić information content (AvgIpc) is 2.12. The summed E-state index contributed by atoms with van der Waals surface area (Å²) >= 11 is 5.48. The second kappa shape index (κ2) is 8.98. The number of halogens is 1. The zero-order chi connectivity index (χ0) is 11.7. The molecule has 3 nitrogen and oxygen atoms in total. The Bertz CT molecular complexity index is 171. The molecule has 0 saturated carbocycles. The molecule has 1 N–H and O–H groups in total. The first-order chi connectivity index (χ1) is 7.06.